The number of nitrogens with one attached hydrogen (secondary N) is 1. The number of nitrogens with zero attached hydrogens (tertiary/aromatic N) is 1. The van der Waals surface area contributed by atoms with E-state index in [9.17, 15) is 14.7 Å². The zero-order valence-electron chi connectivity index (χ0n) is 15.1. The van der Waals surface area contributed by atoms with Gasteiger partial charge in [-0.25, -0.2) is 0 Å². The third-order valence-corrected chi connectivity index (χ3v) is 5.06. The first-order valence-electron chi connectivity index (χ1n) is 9.26. The number of aromatic hydroxyl groups is 1. The summed E-state index contributed by atoms with van der Waals surface area (Å²) in [5, 5.41) is 13.4. The Hall–Kier alpha value is -2.40. The van der Waals surface area contributed by atoms with Gasteiger partial charge in [0.05, 0.1) is 0 Å². The molecule has 0 spiro atoms. The molecule has 0 unspecified atom stereocenters. The van der Waals surface area contributed by atoms with E-state index in [1.54, 1.807) is 30.5 Å². The lowest BCUT2D eigenvalue weighted by Gasteiger charge is -2.22. The summed E-state index contributed by atoms with van der Waals surface area (Å²) in [5.41, 5.74) is 1.55. The lowest BCUT2D eigenvalue weighted by Crippen LogP contribution is -2.36. The monoisotopic (exact) mass is 386 g/mol. The van der Waals surface area contributed by atoms with Crippen molar-refractivity contribution in [2.45, 2.75) is 51.0 Å². The van der Waals surface area contributed by atoms with E-state index in [2.05, 4.69) is 10.3 Å². The first kappa shape index (κ1) is 19.4. The lowest BCUT2D eigenvalue weighted by atomic mass is 9.95. The fraction of sp³-hybridized carbons (Fsp3) is 0.381. The van der Waals surface area contributed by atoms with E-state index in [1.165, 1.54) is 12.5 Å². The average molecular weight is 387 g/mol. The third kappa shape index (κ3) is 5.54. The maximum atomic E-state index is 12.4. The molecule has 0 bridgehead atoms. The molecule has 1 amide bonds. The summed E-state index contributed by atoms with van der Waals surface area (Å²) in [6, 6.07) is 8.24. The van der Waals surface area contributed by atoms with Gasteiger partial charge in [-0.3, -0.25) is 14.6 Å². The van der Waals surface area contributed by atoms with E-state index in [1.807, 2.05) is 0 Å². The van der Waals surface area contributed by atoms with Crippen LogP contribution >= 0.6 is 11.6 Å². The fourth-order valence-corrected chi connectivity index (χ4v) is 3.61. The first-order valence-corrected chi connectivity index (χ1v) is 9.64. The van der Waals surface area contributed by atoms with Crippen LogP contribution in [-0.2, 0) is 17.6 Å². The SMILES string of the molecule is O=C(Cc1ccnc(C(=O)NC2CCCCC2)c1)Cc1cc(Cl)ccc1O. The summed E-state index contributed by atoms with van der Waals surface area (Å²) in [5.74, 6) is -0.212. The zero-order valence-corrected chi connectivity index (χ0v) is 15.8. The van der Waals surface area contributed by atoms with Crippen molar-refractivity contribution in [1.82, 2.24) is 10.3 Å². The van der Waals surface area contributed by atoms with Gasteiger partial charge in [0.1, 0.15) is 17.2 Å². The molecule has 1 fully saturated rings. The minimum Gasteiger partial charge on any atom is -0.508 e. The smallest absolute Gasteiger partial charge is 0.270 e. The molecule has 2 aromatic rings. The number of halogens is 1. The van der Waals surface area contributed by atoms with Crippen molar-refractivity contribution in [3.63, 3.8) is 0 Å². The van der Waals surface area contributed by atoms with Crippen molar-refractivity contribution in [2.24, 2.45) is 0 Å². The van der Waals surface area contributed by atoms with E-state index in [0.717, 1.165) is 31.2 Å². The number of pyridine rings is 1. The van der Waals surface area contributed by atoms with Gasteiger partial charge in [0.25, 0.3) is 5.91 Å². The van der Waals surface area contributed by atoms with Crippen molar-refractivity contribution in [2.75, 3.05) is 0 Å². The van der Waals surface area contributed by atoms with Gasteiger partial charge in [-0.15, -0.1) is 0 Å². The highest BCUT2D eigenvalue weighted by molar-refractivity contribution is 6.30. The number of carbonyl (C=O) groups is 2. The predicted octanol–water partition coefficient (Wildman–Crippen LogP) is 3.86. The minimum atomic E-state index is -0.191. The molecule has 1 heterocycles. The van der Waals surface area contributed by atoms with Gasteiger partial charge in [0, 0.05) is 35.7 Å². The zero-order chi connectivity index (χ0) is 19.2. The van der Waals surface area contributed by atoms with Gasteiger partial charge >= 0.3 is 0 Å². The van der Waals surface area contributed by atoms with Crippen molar-refractivity contribution in [1.29, 1.82) is 0 Å². The van der Waals surface area contributed by atoms with Crippen LogP contribution in [0.3, 0.4) is 0 Å². The summed E-state index contributed by atoms with van der Waals surface area (Å²) in [4.78, 5) is 28.9. The number of hydrogen-bond acceptors (Lipinski definition) is 4. The normalized spacial score (nSPS) is 14.7. The van der Waals surface area contributed by atoms with Crippen LogP contribution in [0.5, 0.6) is 5.75 Å². The maximum absolute atomic E-state index is 12.4. The Bertz CT molecular complexity index is 832. The molecule has 2 N–H and O–H groups in total. The van der Waals surface area contributed by atoms with Gasteiger partial charge in [0.2, 0.25) is 0 Å². The number of benzene rings is 1. The molecule has 0 aliphatic heterocycles. The lowest BCUT2D eigenvalue weighted by molar-refractivity contribution is -0.117. The van der Waals surface area contributed by atoms with E-state index in [-0.39, 0.29) is 36.3 Å². The largest absolute Gasteiger partial charge is 0.508 e. The number of aromatic nitrogens is 1. The van der Waals surface area contributed by atoms with Crippen LogP contribution in [0.25, 0.3) is 0 Å². The molecule has 0 radical (unpaired) electrons. The van der Waals surface area contributed by atoms with Crippen LogP contribution in [0.1, 0.15) is 53.7 Å². The molecule has 6 heteroatoms. The number of carbonyl (C=O) groups excluding carboxylic acids is 2. The van der Waals surface area contributed by atoms with Crippen LogP contribution in [-0.4, -0.2) is 27.8 Å². The number of amides is 1. The molecule has 3 rings (SSSR count). The minimum absolute atomic E-state index is 0.0510. The van der Waals surface area contributed by atoms with Crippen molar-refractivity contribution in [3.05, 3.63) is 58.4 Å². The fourth-order valence-electron chi connectivity index (χ4n) is 3.41. The number of phenolic OH excluding ortho intramolecular Hbond substituents is 1. The van der Waals surface area contributed by atoms with Crippen molar-refractivity contribution < 1.29 is 14.7 Å². The summed E-state index contributed by atoms with van der Waals surface area (Å²) >= 11 is 5.92. The molecular weight excluding hydrogens is 364 g/mol. The molecule has 0 saturated heterocycles. The standard InChI is InChI=1S/C21H23ClN2O3/c22-16-6-7-20(26)15(12-16)13-18(25)10-14-8-9-23-19(11-14)21(27)24-17-4-2-1-3-5-17/h6-9,11-12,17,26H,1-5,10,13H2,(H,24,27). The van der Waals surface area contributed by atoms with Gasteiger partial charge in [-0.2, -0.15) is 0 Å². The van der Waals surface area contributed by atoms with Crippen molar-refractivity contribution in [3.8, 4) is 5.75 Å². The molecule has 1 aromatic heterocycles. The first-order chi connectivity index (χ1) is 13.0. The summed E-state index contributed by atoms with van der Waals surface area (Å²) in [6.07, 6.45) is 7.32. The molecule has 1 aliphatic carbocycles. The maximum Gasteiger partial charge on any atom is 0.270 e. The number of ketones is 1. The Morgan fingerprint density at radius 3 is 2.67 bits per heavy atom. The Morgan fingerprint density at radius 1 is 1.11 bits per heavy atom. The molecule has 1 saturated carbocycles. The highest BCUT2D eigenvalue weighted by Gasteiger charge is 2.18. The second-order valence-electron chi connectivity index (χ2n) is 7.02. The van der Waals surface area contributed by atoms with Crippen LogP contribution in [0.2, 0.25) is 5.02 Å². The van der Waals surface area contributed by atoms with Crippen LogP contribution in [0.15, 0.2) is 36.5 Å². The Morgan fingerprint density at radius 2 is 1.89 bits per heavy atom. The second kappa shape index (κ2) is 9.00. The topological polar surface area (TPSA) is 79.3 Å². The number of hydrogen-bond donors (Lipinski definition) is 2. The highest BCUT2D eigenvalue weighted by atomic mass is 35.5. The summed E-state index contributed by atoms with van der Waals surface area (Å²) in [7, 11) is 0. The van der Waals surface area contributed by atoms with Gasteiger partial charge in [0.15, 0.2) is 0 Å². The molecule has 0 atom stereocenters. The Balaban J connectivity index is 1.62. The molecule has 1 aliphatic rings. The molecule has 27 heavy (non-hydrogen) atoms. The van der Waals surface area contributed by atoms with Crippen LogP contribution in [0.4, 0.5) is 0 Å². The van der Waals surface area contributed by atoms with E-state index >= 15 is 0 Å². The Kier molecular flexibility index (Phi) is 6.45. The third-order valence-electron chi connectivity index (χ3n) is 4.83. The van der Waals surface area contributed by atoms with E-state index in [0.29, 0.717) is 16.3 Å². The molecular formula is C21H23ClN2O3. The molecule has 142 valence electrons. The van der Waals surface area contributed by atoms with E-state index in [4.69, 9.17) is 11.6 Å². The van der Waals surface area contributed by atoms with Gasteiger partial charge in [-0.1, -0.05) is 30.9 Å². The van der Waals surface area contributed by atoms with Gasteiger partial charge < -0.3 is 10.4 Å². The number of phenols is 1. The average Bonchev–Trinajstić information content (AvgIpc) is 2.65. The number of rotatable bonds is 6. The van der Waals surface area contributed by atoms with Crippen LogP contribution in [0, 0.1) is 0 Å². The second-order valence-corrected chi connectivity index (χ2v) is 7.46. The molecule has 5 nitrogen and oxygen atoms in total. The summed E-state index contributed by atoms with van der Waals surface area (Å²) in [6.45, 7) is 0. The predicted molar refractivity (Wildman–Crippen MR) is 104 cm³/mol. The van der Waals surface area contributed by atoms with Gasteiger partial charge in [-0.05, 0) is 48.7 Å². The highest BCUT2D eigenvalue weighted by Crippen LogP contribution is 2.22. The van der Waals surface area contributed by atoms with Crippen molar-refractivity contribution >= 4 is 23.3 Å². The van der Waals surface area contributed by atoms with Crippen LogP contribution < -0.4 is 5.32 Å². The van der Waals surface area contributed by atoms with E-state index < -0.39 is 0 Å². The number of Topliss-reactive ketones (excluding diaryl/α,β-unsaturated/α-hetero) is 1. The quantitative estimate of drug-likeness (QED) is 0.790. The molecule has 1 aromatic carbocycles. The summed E-state index contributed by atoms with van der Waals surface area (Å²) < 4.78 is 0. The Labute approximate surface area is 163 Å².